The molecule has 1 aliphatic heterocycles. The van der Waals surface area contributed by atoms with Crippen LogP contribution in [0, 0.1) is 0 Å². The highest BCUT2D eigenvalue weighted by atomic mass is 35.5. The number of ether oxygens (including phenoxy) is 1. The van der Waals surface area contributed by atoms with Crippen molar-refractivity contribution in [2.75, 3.05) is 25.1 Å². The molecule has 3 rings (SSSR count). The van der Waals surface area contributed by atoms with Gasteiger partial charge in [-0.15, -0.1) is 0 Å². The summed E-state index contributed by atoms with van der Waals surface area (Å²) >= 11 is 5.96. The van der Waals surface area contributed by atoms with Crippen LogP contribution in [0.5, 0.6) is 5.75 Å². The van der Waals surface area contributed by atoms with Crippen LogP contribution in [0.15, 0.2) is 48.5 Å². The Bertz CT molecular complexity index is 872. The van der Waals surface area contributed by atoms with Gasteiger partial charge >= 0.3 is 0 Å². The van der Waals surface area contributed by atoms with Crippen molar-refractivity contribution in [2.45, 2.75) is 38.3 Å². The number of nitrogens with zero attached hydrogens (tertiary/aromatic N) is 1. The molecule has 2 unspecified atom stereocenters. The van der Waals surface area contributed by atoms with Crippen LogP contribution in [-0.2, 0) is 9.59 Å². The smallest absolute Gasteiger partial charge is 0.222 e. The van der Waals surface area contributed by atoms with Crippen LogP contribution < -0.4 is 20.3 Å². The maximum atomic E-state index is 12.8. The fourth-order valence-electron chi connectivity index (χ4n) is 3.87. The van der Waals surface area contributed by atoms with E-state index < -0.39 is 6.04 Å². The fraction of sp³-hybridized carbons (Fsp3) is 0.391. The number of piperidine rings is 1. The van der Waals surface area contributed by atoms with Crippen molar-refractivity contribution < 1.29 is 14.3 Å². The van der Waals surface area contributed by atoms with E-state index in [4.69, 9.17) is 16.3 Å². The highest BCUT2D eigenvalue weighted by Gasteiger charge is 2.25. The molecule has 7 heteroatoms. The molecule has 2 aromatic rings. The number of rotatable bonds is 7. The van der Waals surface area contributed by atoms with Crippen LogP contribution in [0.2, 0.25) is 5.02 Å². The number of halogens is 1. The molecule has 6 nitrogen and oxygen atoms in total. The molecule has 0 aliphatic carbocycles. The zero-order valence-electron chi connectivity index (χ0n) is 17.4. The van der Waals surface area contributed by atoms with E-state index in [-0.39, 0.29) is 24.3 Å². The maximum absolute atomic E-state index is 12.8. The summed E-state index contributed by atoms with van der Waals surface area (Å²) in [6.07, 6.45) is 2.07. The first-order valence-electron chi connectivity index (χ1n) is 10.2. The lowest BCUT2D eigenvalue weighted by Crippen LogP contribution is -2.48. The molecule has 2 atom stereocenters. The Labute approximate surface area is 182 Å². The first-order chi connectivity index (χ1) is 14.5. The largest absolute Gasteiger partial charge is 0.495 e. The second kappa shape index (κ2) is 10.3. The van der Waals surface area contributed by atoms with Gasteiger partial charge in [-0.25, -0.2) is 0 Å². The highest BCUT2D eigenvalue weighted by molar-refractivity contribution is 6.30. The number of benzene rings is 2. The summed E-state index contributed by atoms with van der Waals surface area (Å²) in [5.41, 5.74) is 1.89. The van der Waals surface area contributed by atoms with E-state index in [0.717, 1.165) is 42.9 Å². The number of nitrogens with one attached hydrogen (secondary N) is 2. The first-order valence-corrected chi connectivity index (χ1v) is 10.5. The Kier molecular flexibility index (Phi) is 7.57. The Hall–Kier alpha value is -2.73. The van der Waals surface area contributed by atoms with Gasteiger partial charge in [0, 0.05) is 31.1 Å². The van der Waals surface area contributed by atoms with Crippen LogP contribution >= 0.6 is 11.6 Å². The van der Waals surface area contributed by atoms with E-state index in [1.807, 2.05) is 36.4 Å². The van der Waals surface area contributed by atoms with Crippen LogP contribution in [-0.4, -0.2) is 38.1 Å². The summed E-state index contributed by atoms with van der Waals surface area (Å²) in [5, 5.41) is 6.62. The van der Waals surface area contributed by atoms with Gasteiger partial charge in [0.15, 0.2) is 0 Å². The molecule has 0 bridgehead atoms. The lowest BCUT2D eigenvalue weighted by atomic mass is 10.0. The number of hydrogen-bond donors (Lipinski definition) is 2. The molecular weight excluding hydrogens is 402 g/mol. The molecule has 2 aromatic carbocycles. The number of anilines is 1. The minimum absolute atomic E-state index is 0.0411. The highest BCUT2D eigenvalue weighted by Crippen LogP contribution is 2.30. The number of methoxy groups -OCH3 is 1. The van der Waals surface area contributed by atoms with Gasteiger partial charge in [0.1, 0.15) is 5.75 Å². The number of amides is 2. The Morgan fingerprint density at radius 1 is 1.20 bits per heavy atom. The number of para-hydroxylation sites is 2. The molecule has 1 fully saturated rings. The van der Waals surface area contributed by atoms with Gasteiger partial charge in [-0.05, 0) is 42.7 Å². The third-order valence-electron chi connectivity index (χ3n) is 5.25. The van der Waals surface area contributed by atoms with Gasteiger partial charge in [-0.3, -0.25) is 9.59 Å². The lowest BCUT2D eigenvalue weighted by Gasteiger charge is -2.35. The van der Waals surface area contributed by atoms with Crippen molar-refractivity contribution in [3.63, 3.8) is 0 Å². The van der Waals surface area contributed by atoms with Crippen molar-refractivity contribution in [1.82, 2.24) is 10.6 Å². The second-order valence-electron chi connectivity index (χ2n) is 7.53. The van der Waals surface area contributed by atoms with Crippen LogP contribution in [0.25, 0.3) is 0 Å². The number of hydrogen-bond acceptors (Lipinski definition) is 4. The minimum Gasteiger partial charge on any atom is -0.495 e. The van der Waals surface area contributed by atoms with E-state index in [1.165, 1.54) is 6.92 Å². The van der Waals surface area contributed by atoms with Crippen molar-refractivity contribution in [2.24, 2.45) is 0 Å². The maximum Gasteiger partial charge on any atom is 0.222 e. The molecule has 1 heterocycles. The summed E-state index contributed by atoms with van der Waals surface area (Å²) in [6, 6.07) is 14.8. The predicted octanol–water partition coefficient (Wildman–Crippen LogP) is 3.70. The fourth-order valence-corrected chi connectivity index (χ4v) is 4.00. The number of carbonyl (C=O) groups is 2. The summed E-state index contributed by atoms with van der Waals surface area (Å²) in [6.45, 7) is 3.09. The zero-order valence-corrected chi connectivity index (χ0v) is 18.1. The van der Waals surface area contributed by atoms with Crippen molar-refractivity contribution in [1.29, 1.82) is 0 Å². The molecule has 1 aliphatic rings. The zero-order chi connectivity index (χ0) is 21.5. The van der Waals surface area contributed by atoms with Crippen molar-refractivity contribution >= 4 is 29.1 Å². The molecule has 0 radical (unpaired) electrons. The van der Waals surface area contributed by atoms with Gasteiger partial charge in [0.05, 0.1) is 25.3 Å². The molecular formula is C23H28ClN3O3. The third kappa shape index (κ3) is 5.89. The van der Waals surface area contributed by atoms with Gasteiger partial charge in [0.2, 0.25) is 11.8 Å². The third-order valence-corrected chi connectivity index (χ3v) is 5.50. The van der Waals surface area contributed by atoms with E-state index >= 15 is 0 Å². The monoisotopic (exact) mass is 429 g/mol. The SMILES string of the molecule is COc1ccccc1N1CCCC(NC(=O)CC(NC(C)=O)c2ccc(Cl)cc2)C1. The van der Waals surface area contributed by atoms with E-state index in [2.05, 4.69) is 15.5 Å². The summed E-state index contributed by atoms with van der Waals surface area (Å²) in [4.78, 5) is 26.7. The van der Waals surface area contributed by atoms with Crippen LogP contribution in [0.3, 0.4) is 0 Å². The van der Waals surface area contributed by atoms with Crippen LogP contribution in [0.4, 0.5) is 5.69 Å². The minimum atomic E-state index is -0.395. The summed E-state index contributed by atoms with van der Waals surface area (Å²) in [7, 11) is 1.67. The molecule has 0 spiro atoms. The molecule has 1 saturated heterocycles. The molecule has 160 valence electrons. The standard InChI is InChI=1S/C23H28ClN3O3/c1-16(28)25-20(17-9-11-18(24)12-10-17)14-23(29)26-19-6-5-13-27(15-19)21-7-3-4-8-22(21)30-2/h3-4,7-12,19-20H,5-6,13-15H2,1-2H3,(H,25,28)(H,26,29). The van der Waals surface area contributed by atoms with Gasteiger partial charge in [-0.1, -0.05) is 35.9 Å². The first kappa shape index (κ1) is 22.0. The average molecular weight is 430 g/mol. The molecule has 2 N–H and O–H groups in total. The second-order valence-corrected chi connectivity index (χ2v) is 7.97. The lowest BCUT2D eigenvalue weighted by molar-refractivity contribution is -0.123. The topological polar surface area (TPSA) is 70.7 Å². The normalized spacial score (nSPS) is 17.2. The van der Waals surface area contributed by atoms with Crippen molar-refractivity contribution in [3.05, 3.63) is 59.1 Å². The predicted molar refractivity (Wildman–Crippen MR) is 119 cm³/mol. The van der Waals surface area contributed by atoms with E-state index in [0.29, 0.717) is 5.02 Å². The molecule has 0 saturated carbocycles. The van der Waals surface area contributed by atoms with Crippen LogP contribution in [0.1, 0.15) is 37.8 Å². The quantitative estimate of drug-likeness (QED) is 0.704. The van der Waals surface area contributed by atoms with E-state index in [9.17, 15) is 9.59 Å². The van der Waals surface area contributed by atoms with Gasteiger partial charge in [-0.2, -0.15) is 0 Å². The molecule has 0 aromatic heterocycles. The Balaban J connectivity index is 1.63. The summed E-state index contributed by atoms with van der Waals surface area (Å²) < 4.78 is 5.48. The van der Waals surface area contributed by atoms with Gasteiger partial charge in [0.25, 0.3) is 0 Å². The van der Waals surface area contributed by atoms with E-state index in [1.54, 1.807) is 19.2 Å². The number of carbonyl (C=O) groups excluding carboxylic acids is 2. The molecule has 30 heavy (non-hydrogen) atoms. The molecule has 2 amide bonds. The average Bonchev–Trinajstić information content (AvgIpc) is 2.73. The van der Waals surface area contributed by atoms with Crippen molar-refractivity contribution in [3.8, 4) is 5.75 Å². The Morgan fingerprint density at radius 3 is 2.63 bits per heavy atom. The Morgan fingerprint density at radius 2 is 1.93 bits per heavy atom. The summed E-state index contributed by atoms with van der Waals surface area (Å²) in [5.74, 6) is 0.566. The van der Waals surface area contributed by atoms with Gasteiger partial charge < -0.3 is 20.3 Å².